The van der Waals surface area contributed by atoms with Crippen LogP contribution < -0.4 is 21.5 Å². The van der Waals surface area contributed by atoms with E-state index in [1.165, 1.54) is 0 Å². The van der Waals surface area contributed by atoms with Gasteiger partial charge in [-0.1, -0.05) is 11.3 Å². The van der Waals surface area contributed by atoms with Gasteiger partial charge in [-0.25, -0.2) is 15.8 Å². The molecule has 0 radical (unpaired) electrons. The molecule has 0 saturated carbocycles. The van der Waals surface area contributed by atoms with Gasteiger partial charge in [0.2, 0.25) is 0 Å². The third kappa shape index (κ3) is 2.28. The normalized spacial score (nSPS) is 10.8. The molecule has 8 nitrogen and oxygen atoms in total. The zero-order valence-corrected chi connectivity index (χ0v) is 10.6. The lowest BCUT2D eigenvalue weighted by Crippen LogP contribution is -2.12. The van der Waals surface area contributed by atoms with Crippen molar-refractivity contribution in [2.75, 3.05) is 10.7 Å². The molecule has 98 valence electrons. The Kier molecular flexibility index (Phi) is 2.89. The lowest BCUT2D eigenvalue weighted by molar-refractivity contribution is 1.02. The Morgan fingerprint density at radius 3 is 3.16 bits per heavy atom. The van der Waals surface area contributed by atoms with Crippen molar-refractivity contribution >= 4 is 28.6 Å². The van der Waals surface area contributed by atoms with Crippen LogP contribution in [0.5, 0.6) is 0 Å². The minimum atomic E-state index is -0.0758. The second-order valence-electron chi connectivity index (χ2n) is 3.80. The maximum absolute atomic E-state index is 11.0. The van der Waals surface area contributed by atoms with Gasteiger partial charge in [-0.3, -0.25) is 4.79 Å². The van der Waals surface area contributed by atoms with Crippen LogP contribution in [0.15, 0.2) is 28.8 Å². The number of hydrogen-bond donors (Lipinski definition) is 4. The number of rotatable bonds is 4. The summed E-state index contributed by atoms with van der Waals surface area (Å²) in [7, 11) is 0. The molecule has 0 aromatic carbocycles. The van der Waals surface area contributed by atoms with E-state index in [-0.39, 0.29) is 4.87 Å². The minimum Gasteiger partial charge on any atom is -0.361 e. The molecule has 3 rings (SSSR count). The van der Waals surface area contributed by atoms with Gasteiger partial charge in [-0.2, -0.15) is 0 Å². The molecule has 0 fully saturated rings. The molecule has 3 heterocycles. The quantitative estimate of drug-likeness (QED) is 0.405. The van der Waals surface area contributed by atoms with Crippen LogP contribution in [0.1, 0.15) is 5.69 Å². The number of aromatic nitrogens is 4. The summed E-state index contributed by atoms with van der Waals surface area (Å²) in [6.45, 7) is 0.461. The zero-order chi connectivity index (χ0) is 13.2. The van der Waals surface area contributed by atoms with Crippen LogP contribution in [0.3, 0.4) is 0 Å². The molecule has 0 aliphatic rings. The lowest BCUT2D eigenvalue weighted by atomic mass is 10.4. The van der Waals surface area contributed by atoms with E-state index in [0.29, 0.717) is 23.8 Å². The standard InChI is InChI=1S/C10H11N7OS/c11-16-7-4-17-2-1-12-9(17)8(15-7)13-3-6-5-19-10(18)14-6/h1-2,4-5,16H,3,11H2,(H,13,15)(H,14,18). The Bertz CT molecular complexity index is 758. The molecule has 0 aliphatic carbocycles. The number of nitrogens with zero attached hydrogens (tertiary/aromatic N) is 3. The van der Waals surface area contributed by atoms with Gasteiger partial charge >= 0.3 is 4.87 Å². The second kappa shape index (κ2) is 4.71. The van der Waals surface area contributed by atoms with Crippen molar-refractivity contribution in [3.63, 3.8) is 0 Å². The molecule has 3 aromatic rings. The molecule has 0 amide bonds. The Hall–Kier alpha value is -2.39. The summed E-state index contributed by atoms with van der Waals surface area (Å²) in [5.41, 5.74) is 3.99. The van der Waals surface area contributed by atoms with Crippen LogP contribution in [0.25, 0.3) is 5.65 Å². The predicted octanol–water partition coefficient (Wildman–Crippen LogP) is 0.377. The monoisotopic (exact) mass is 277 g/mol. The molecule has 0 saturated heterocycles. The second-order valence-corrected chi connectivity index (χ2v) is 4.65. The highest BCUT2D eigenvalue weighted by Crippen LogP contribution is 2.16. The Morgan fingerprint density at radius 1 is 1.53 bits per heavy atom. The maximum atomic E-state index is 11.0. The fourth-order valence-corrected chi connectivity index (χ4v) is 2.28. The summed E-state index contributed by atoms with van der Waals surface area (Å²) in [4.78, 5) is 22.2. The minimum absolute atomic E-state index is 0.0758. The first-order valence-corrected chi connectivity index (χ1v) is 6.35. The van der Waals surface area contributed by atoms with Crippen molar-refractivity contribution in [3.8, 4) is 0 Å². The smallest absolute Gasteiger partial charge is 0.304 e. The predicted molar refractivity (Wildman–Crippen MR) is 73.1 cm³/mol. The largest absolute Gasteiger partial charge is 0.361 e. The summed E-state index contributed by atoms with van der Waals surface area (Å²) in [5.74, 6) is 6.48. The van der Waals surface area contributed by atoms with Gasteiger partial charge in [0.05, 0.1) is 12.7 Å². The number of aromatic amines is 1. The van der Waals surface area contributed by atoms with Crippen molar-refractivity contribution in [1.82, 2.24) is 19.4 Å². The van der Waals surface area contributed by atoms with Crippen LogP contribution in [0, 0.1) is 0 Å². The Morgan fingerprint density at radius 2 is 2.42 bits per heavy atom. The zero-order valence-electron chi connectivity index (χ0n) is 9.75. The topological polar surface area (TPSA) is 113 Å². The lowest BCUT2D eigenvalue weighted by Gasteiger charge is -2.08. The molecule has 0 unspecified atom stereocenters. The van der Waals surface area contributed by atoms with Crippen molar-refractivity contribution in [3.05, 3.63) is 39.3 Å². The van der Waals surface area contributed by atoms with E-state index in [2.05, 4.69) is 25.7 Å². The van der Waals surface area contributed by atoms with E-state index >= 15 is 0 Å². The number of anilines is 2. The molecule has 19 heavy (non-hydrogen) atoms. The first-order valence-electron chi connectivity index (χ1n) is 5.47. The molecule has 9 heteroatoms. The summed E-state index contributed by atoms with van der Waals surface area (Å²) < 4.78 is 1.81. The van der Waals surface area contributed by atoms with Gasteiger partial charge in [0.1, 0.15) is 0 Å². The van der Waals surface area contributed by atoms with E-state index in [4.69, 9.17) is 5.84 Å². The molecule has 3 aromatic heterocycles. The summed E-state index contributed by atoms with van der Waals surface area (Å²) in [6, 6.07) is 0. The van der Waals surface area contributed by atoms with E-state index in [0.717, 1.165) is 17.0 Å². The van der Waals surface area contributed by atoms with Crippen LogP contribution in [-0.4, -0.2) is 19.4 Å². The first kappa shape index (κ1) is 11.7. The summed E-state index contributed by atoms with van der Waals surface area (Å²) in [5, 5.41) is 4.89. The van der Waals surface area contributed by atoms with Crippen LogP contribution in [-0.2, 0) is 6.54 Å². The molecule has 0 bridgehead atoms. The Balaban J connectivity index is 1.90. The molecule has 0 atom stereocenters. The van der Waals surface area contributed by atoms with Crippen molar-refractivity contribution in [2.24, 2.45) is 5.84 Å². The fourth-order valence-electron chi connectivity index (χ4n) is 1.70. The number of nitrogen functional groups attached to an aromatic ring is 1. The van der Waals surface area contributed by atoms with E-state index in [1.807, 2.05) is 0 Å². The highest BCUT2D eigenvalue weighted by atomic mass is 32.1. The Labute approximate surface area is 111 Å². The summed E-state index contributed by atoms with van der Waals surface area (Å²) >= 11 is 1.13. The third-order valence-corrected chi connectivity index (χ3v) is 3.26. The number of thiazole rings is 1. The number of nitrogens with one attached hydrogen (secondary N) is 3. The number of nitrogens with two attached hydrogens (primary N) is 1. The SMILES string of the molecule is NNc1cn2ccnc2c(NCc2csc(=O)[nH]2)n1. The van der Waals surface area contributed by atoms with Crippen molar-refractivity contribution < 1.29 is 0 Å². The van der Waals surface area contributed by atoms with Crippen molar-refractivity contribution in [2.45, 2.75) is 6.54 Å². The number of hydrogen-bond acceptors (Lipinski definition) is 7. The first-order chi connectivity index (χ1) is 9.26. The van der Waals surface area contributed by atoms with E-state index < -0.39 is 0 Å². The number of fused-ring (bicyclic) bond motifs is 1. The molecular formula is C10H11N7OS. The molecule has 5 N–H and O–H groups in total. The number of H-pyrrole nitrogens is 1. The molecule has 0 spiro atoms. The highest BCUT2D eigenvalue weighted by molar-refractivity contribution is 7.07. The average Bonchev–Trinajstić information content (AvgIpc) is 3.04. The third-order valence-electron chi connectivity index (χ3n) is 2.54. The maximum Gasteiger partial charge on any atom is 0.304 e. The van der Waals surface area contributed by atoms with Gasteiger partial charge in [-0.05, 0) is 0 Å². The molecule has 0 aliphatic heterocycles. The van der Waals surface area contributed by atoms with Gasteiger partial charge in [-0.15, -0.1) is 0 Å². The number of imidazole rings is 1. The van der Waals surface area contributed by atoms with Gasteiger partial charge in [0, 0.05) is 23.5 Å². The summed E-state index contributed by atoms with van der Waals surface area (Å²) in [6.07, 6.45) is 5.21. The van der Waals surface area contributed by atoms with Crippen LogP contribution >= 0.6 is 11.3 Å². The highest BCUT2D eigenvalue weighted by Gasteiger charge is 2.07. The van der Waals surface area contributed by atoms with E-state index in [9.17, 15) is 4.79 Å². The average molecular weight is 277 g/mol. The molecular weight excluding hydrogens is 266 g/mol. The van der Waals surface area contributed by atoms with Gasteiger partial charge < -0.3 is 20.1 Å². The van der Waals surface area contributed by atoms with Gasteiger partial charge in [0.15, 0.2) is 17.3 Å². The fraction of sp³-hybridized carbons (Fsp3) is 0.100. The van der Waals surface area contributed by atoms with Gasteiger partial charge in [0.25, 0.3) is 0 Å². The van der Waals surface area contributed by atoms with Crippen molar-refractivity contribution in [1.29, 1.82) is 0 Å². The van der Waals surface area contributed by atoms with Crippen LogP contribution in [0.4, 0.5) is 11.6 Å². The number of hydrazine groups is 1. The van der Waals surface area contributed by atoms with E-state index in [1.54, 1.807) is 28.4 Å². The van der Waals surface area contributed by atoms with Crippen LogP contribution in [0.2, 0.25) is 0 Å².